The maximum absolute atomic E-state index is 12.1. The molecule has 1 aromatic heterocycles. The molecule has 0 radical (unpaired) electrons. The quantitative estimate of drug-likeness (QED) is 0.679. The number of nitrogens with zero attached hydrogens (tertiary/aromatic N) is 2. The van der Waals surface area contributed by atoms with Gasteiger partial charge in [-0.1, -0.05) is 6.07 Å². The van der Waals surface area contributed by atoms with Gasteiger partial charge in [-0.25, -0.2) is 0 Å². The van der Waals surface area contributed by atoms with Crippen molar-refractivity contribution in [3.63, 3.8) is 0 Å². The molecule has 0 saturated heterocycles. The first kappa shape index (κ1) is 15.3. The number of hydrogen-bond acceptors (Lipinski definition) is 4. The number of pyridine rings is 1. The van der Waals surface area contributed by atoms with Crippen LogP contribution in [-0.2, 0) is 4.79 Å². The molecule has 1 amide bonds. The monoisotopic (exact) mass is 293 g/mol. The molecule has 5 heteroatoms. The lowest BCUT2D eigenvalue weighted by Crippen LogP contribution is -2.13. The molecule has 1 aromatic carbocycles. The fourth-order valence-corrected chi connectivity index (χ4v) is 1.76. The van der Waals surface area contributed by atoms with Crippen molar-refractivity contribution in [2.24, 2.45) is 0 Å². The number of benzene rings is 1. The average molecular weight is 293 g/mol. The summed E-state index contributed by atoms with van der Waals surface area (Å²) in [4.78, 5) is 16.2. The zero-order chi connectivity index (χ0) is 15.8. The number of nitrogens with one attached hydrogen (secondary N) is 1. The molecule has 0 unspecified atom stereocenters. The van der Waals surface area contributed by atoms with E-state index in [2.05, 4.69) is 10.3 Å². The van der Waals surface area contributed by atoms with Crippen LogP contribution in [0.25, 0.3) is 6.08 Å². The predicted molar refractivity (Wildman–Crippen MR) is 84.1 cm³/mol. The molecule has 0 spiro atoms. The van der Waals surface area contributed by atoms with Crippen LogP contribution in [0.2, 0.25) is 0 Å². The zero-order valence-electron chi connectivity index (χ0n) is 12.1. The van der Waals surface area contributed by atoms with E-state index in [9.17, 15) is 4.79 Å². The molecular weight excluding hydrogens is 278 g/mol. The summed E-state index contributed by atoms with van der Waals surface area (Å²) in [6.45, 7) is 2.48. The second-order valence-corrected chi connectivity index (χ2v) is 4.34. The Morgan fingerprint density at radius 1 is 1.32 bits per heavy atom. The van der Waals surface area contributed by atoms with Crippen molar-refractivity contribution in [2.45, 2.75) is 6.92 Å². The van der Waals surface area contributed by atoms with Gasteiger partial charge in [0.05, 0.1) is 12.3 Å². The van der Waals surface area contributed by atoms with Crippen LogP contribution in [0.15, 0.2) is 54.2 Å². The van der Waals surface area contributed by atoms with Gasteiger partial charge in [0.1, 0.15) is 17.4 Å². The highest BCUT2D eigenvalue weighted by Crippen LogP contribution is 2.16. The van der Waals surface area contributed by atoms with Gasteiger partial charge in [-0.3, -0.25) is 9.78 Å². The van der Waals surface area contributed by atoms with Crippen molar-refractivity contribution in [2.75, 3.05) is 11.9 Å². The van der Waals surface area contributed by atoms with E-state index in [4.69, 9.17) is 10.00 Å². The molecule has 1 heterocycles. The lowest BCUT2D eigenvalue weighted by Gasteiger charge is -2.06. The Kier molecular flexibility index (Phi) is 5.27. The highest BCUT2D eigenvalue weighted by atomic mass is 16.5. The largest absolute Gasteiger partial charge is 0.494 e. The average Bonchev–Trinajstić information content (AvgIpc) is 2.55. The summed E-state index contributed by atoms with van der Waals surface area (Å²) in [6.07, 6.45) is 3.05. The third-order valence-corrected chi connectivity index (χ3v) is 2.77. The number of carbonyl (C=O) groups is 1. The highest BCUT2D eigenvalue weighted by Gasteiger charge is 2.09. The smallest absolute Gasteiger partial charge is 0.266 e. The maximum Gasteiger partial charge on any atom is 0.266 e. The molecule has 0 aliphatic rings. The molecule has 0 saturated carbocycles. The van der Waals surface area contributed by atoms with E-state index >= 15 is 0 Å². The minimum Gasteiger partial charge on any atom is -0.494 e. The number of ether oxygens (including phenoxy) is 1. The molecule has 22 heavy (non-hydrogen) atoms. The van der Waals surface area contributed by atoms with Crippen molar-refractivity contribution in [3.8, 4) is 11.8 Å². The summed E-state index contributed by atoms with van der Waals surface area (Å²) in [5.74, 6) is 0.252. The van der Waals surface area contributed by atoms with Crippen LogP contribution < -0.4 is 10.1 Å². The second-order valence-electron chi connectivity index (χ2n) is 4.34. The Morgan fingerprint density at radius 3 is 2.68 bits per heavy atom. The van der Waals surface area contributed by atoms with Crippen LogP contribution in [-0.4, -0.2) is 17.5 Å². The summed E-state index contributed by atoms with van der Waals surface area (Å²) in [7, 11) is 0. The van der Waals surface area contributed by atoms with Gasteiger partial charge >= 0.3 is 0 Å². The SMILES string of the molecule is CCOc1ccc(NC(=O)/C(C#N)=C\c2ccccn2)cc1. The van der Waals surface area contributed by atoms with Crippen molar-refractivity contribution >= 4 is 17.7 Å². The Bertz CT molecular complexity index is 701. The third kappa shape index (κ3) is 4.18. The zero-order valence-corrected chi connectivity index (χ0v) is 12.1. The summed E-state index contributed by atoms with van der Waals surface area (Å²) >= 11 is 0. The number of hydrogen-bond donors (Lipinski definition) is 1. The van der Waals surface area contributed by atoms with Crippen molar-refractivity contribution in [3.05, 3.63) is 59.9 Å². The van der Waals surface area contributed by atoms with Crippen LogP contribution in [0.1, 0.15) is 12.6 Å². The Hall–Kier alpha value is -3.13. The van der Waals surface area contributed by atoms with E-state index in [-0.39, 0.29) is 5.57 Å². The number of anilines is 1. The molecule has 0 aliphatic carbocycles. The predicted octanol–water partition coefficient (Wildman–Crippen LogP) is 3.03. The first-order valence-corrected chi connectivity index (χ1v) is 6.80. The van der Waals surface area contributed by atoms with E-state index in [1.165, 1.54) is 6.08 Å². The topological polar surface area (TPSA) is 75.0 Å². The van der Waals surface area contributed by atoms with E-state index in [1.807, 2.05) is 13.0 Å². The normalized spacial score (nSPS) is 10.6. The van der Waals surface area contributed by atoms with Gasteiger partial charge in [-0.05, 0) is 49.4 Å². The minimum absolute atomic E-state index is 0.00687. The van der Waals surface area contributed by atoms with Crippen LogP contribution in [0.3, 0.4) is 0 Å². The Labute approximate surface area is 128 Å². The lowest BCUT2D eigenvalue weighted by molar-refractivity contribution is -0.112. The summed E-state index contributed by atoms with van der Waals surface area (Å²) < 4.78 is 5.33. The number of rotatable bonds is 5. The van der Waals surface area contributed by atoms with Crippen LogP contribution in [0, 0.1) is 11.3 Å². The van der Waals surface area contributed by atoms with E-state index in [1.54, 1.807) is 48.7 Å². The molecule has 0 atom stereocenters. The molecule has 5 nitrogen and oxygen atoms in total. The fourth-order valence-electron chi connectivity index (χ4n) is 1.76. The standard InChI is InChI=1S/C17H15N3O2/c1-2-22-16-8-6-14(7-9-16)20-17(21)13(12-18)11-15-5-3-4-10-19-15/h3-11H,2H2,1H3,(H,20,21)/b13-11-. The first-order chi connectivity index (χ1) is 10.7. The molecule has 0 aliphatic heterocycles. The summed E-state index contributed by atoms with van der Waals surface area (Å²) in [6, 6.07) is 14.1. The second kappa shape index (κ2) is 7.60. The van der Waals surface area contributed by atoms with Crippen LogP contribution in [0.4, 0.5) is 5.69 Å². The number of amides is 1. The van der Waals surface area contributed by atoms with Gasteiger partial charge in [-0.2, -0.15) is 5.26 Å². The van der Waals surface area contributed by atoms with E-state index in [0.29, 0.717) is 18.0 Å². The highest BCUT2D eigenvalue weighted by molar-refractivity contribution is 6.09. The number of carbonyl (C=O) groups excluding carboxylic acids is 1. The molecule has 110 valence electrons. The van der Waals surface area contributed by atoms with Gasteiger partial charge in [0.2, 0.25) is 0 Å². The molecule has 1 N–H and O–H groups in total. The van der Waals surface area contributed by atoms with Gasteiger partial charge in [0.25, 0.3) is 5.91 Å². The molecule has 0 bridgehead atoms. The Morgan fingerprint density at radius 2 is 2.09 bits per heavy atom. The van der Waals surface area contributed by atoms with E-state index < -0.39 is 5.91 Å². The minimum atomic E-state index is -0.475. The number of aromatic nitrogens is 1. The third-order valence-electron chi connectivity index (χ3n) is 2.77. The Balaban J connectivity index is 2.10. The van der Waals surface area contributed by atoms with Gasteiger partial charge < -0.3 is 10.1 Å². The maximum atomic E-state index is 12.1. The molecule has 2 aromatic rings. The first-order valence-electron chi connectivity index (χ1n) is 6.80. The van der Waals surface area contributed by atoms with Gasteiger partial charge in [-0.15, -0.1) is 0 Å². The van der Waals surface area contributed by atoms with E-state index in [0.717, 1.165) is 5.75 Å². The molecular formula is C17H15N3O2. The van der Waals surface area contributed by atoms with Gasteiger partial charge in [0, 0.05) is 11.9 Å². The summed E-state index contributed by atoms with van der Waals surface area (Å²) in [5.41, 5.74) is 1.14. The fraction of sp³-hybridized carbons (Fsp3) is 0.118. The van der Waals surface area contributed by atoms with Crippen LogP contribution in [0.5, 0.6) is 5.75 Å². The molecule has 2 rings (SSSR count). The van der Waals surface area contributed by atoms with Crippen LogP contribution >= 0.6 is 0 Å². The van der Waals surface area contributed by atoms with Crippen molar-refractivity contribution in [1.82, 2.24) is 4.98 Å². The summed E-state index contributed by atoms with van der Waals surface area (Å²) in [5, 5.41) is 11.8. The van der Waals surface area contributed by atoms with Crippen molar-refractivity contribution in [1.29, 1.82) is 5.26 Å². The number of nitriles is 1. The molecule has 0 fully saturated rings. The lowest BCUT2D eigenvalue weighted by atomic mass is 10.2. The van der Waals surface area contributed by atoms with Gasteiger partial charge in [0.15, 0.2) is 0 Å². The van der Waals surface area contributed by atoms with Crippen molar-refractivity contribution < 1.29 is 9.53 Å².